The highest BCUT2D eigenvalue weighted by molar-refractivity contribution is 5.61. The van der Waals surface area contributed by atoms with Gasteiger partial charge in [0.15, 0.2) is 5.69 Å². The largest absolute Gasteiger partial charge is 0.416 e. The molecule has 8 heteroatoms. The number of allylic oxidation sites excluding steroid dienone is 2. The molecule has 1 unspecified atom stereocenters. The van der Waals surface area contributed by atoms with E-state index in [0.29, 0.717) is 5.70 Å². The van der Waals surface area contributed by atoms with Crippen molar-refractivity contribution in [1.29, 1.82) is 0 Å². The van der Waals surface area contributed by atoms with E-state index < -0.39 is 11.7 Å². The Hall–Kier alpha value is -3.13. The number of hydrogen-bond donors (Lipinski definition) is 2. The van der Waals surface area contributed by atoms with Crippen molar-refractivity contribution in [3.8, 4) is 5.69 Å². The predicted molar refractivity (Wildman–Crippen MR) is 106 cm³/mol. The van der Waals surface area contributed by atoms with Gasteiger partial charge < -0.3 is 11.1 Å². The fourth-order valence-electron chi connectivity index (χ4n) is 3.00. The Balaban J connectivity index is 1.99. The molecule has 0 bridgehead atoms. The molecule has 1 atom stereocenters. The number of rotatable bonds is 5. The normalized spacial score (nSPS) is 17.2. The third-order valence-corrected chi connectivity index (χ3v) is 4.57. The van der Waals surface area contributed by atoms with E-state index in [1.54, 1.807) is 6.08 Å². The number of hydrogen-bond acceptors (Lipinski definition) is 4. The quantitative estimate of drug-likeness (QED) is 0.804. The first-order valence-electron chi connectivity index (χ1n) is 9.07. The van der Waals surface area contributed by atoms with Gasteiger partial charge in [0.2, 0.25) is 5.43 Å². The van der Waals surface area contributed by atoms with Crippen LogP contribution in [0.2, 0.25) is 0 Å². The summed E-state index contributed by atoms with van der Waals surface area (Å²) < 4.78 is 40.3. The van der Waals surface area contributed by atoms with Gasteiger partial charge in [-0.2, -0.15) is 18.3 Å². The third-order valence-electron chi connectivity index (χ3n) is 4.57. The van der Waals surface area contributed by atoms with Crippen LogP contribution in [0.5, 0.6) is 0 Å². The molecule has 3 N–H and O–H groups in total. The van der Waals surface area contributed by atoms with Crippen LogP contribution in [0.4, 0.5) is 13.2 Å². The topological polar surface area (TPSA) is 72.9 Å². The SMILES string of the molecule is CC1=CC=CCC1N/C(=C\CN)c1nn(-c2cccc(C(F)(F)F)c2)ccc1=O. The number of nitrogens with zero attached hydrogens (tertiary/aromatic N) is 2. The first kappa shape index (κ1) is 20.6. The van der Waals surface area contributed by atoms with E-state index in [1.165, 1.54) is 29.1 Å². The van der Waals surface area contributed by atoms with E-state index >= 15 is 0 Å². The van der Waals surface area contributed by atoms with E-state index in [9.17, 15) is 18.0 Å². The molecule has 1 aromatic heterocycles. The van der Waals surface area contributed by atoms with Crippen molar-refractivity contribution in [2.45, 2.75) is 25.6 Å². The number of nitrogens with two attached hydrogens (primary N) is 1. The van der Waals surface area contributed by atoms with Crippen molar-refractivity contribution < 1.29 is 13.2 Å². The Labute approximate surface area is 166 Å². The molecular formula is C21H21F3N4O. The number of benzene rings is 1. The minimum Gasteiger partial charge on any atom is -0.377 e. The minimum absolute atomic E-state index is 0.0267. The summed E-state index contributed by atoms with van der Waals surface area (Å²) in [5, 5.41) is 7.57. The van der Waals surface area contributed by atoms with Gasteiger partial charge in [-0.15, -0.1) is 0 Å². The molecule has 0 saturated heterocycles. The van der Waals surface area contributed by atoms with Crippen molar-refractivity contribution in [3.63, 3.8) is 0 Å². The molecular weight excluding hydrogens is 381 g/mol. The maximum absolute atomic E-state index is 13.0. The zero-order chi connectivity index (χ0) is 21.0. The lowest BCUT2D eigenvalue weighted by Gasteiger charge is -2.23. The van der Waals surface area contributed by atoms with Gasteiger partial charge in [0.25, 0.3) is 0 Å². The van der Waals surface area contributed by atoms with E-state index in [0.717, 1.165) is 24.1 Å². The summed E-state index contributed by atoms with van der Waals surface area (Å²) in [6.45, 7) is 2.15. The van der Waals surface area contributed by atoms with Crippen LogP contribution in [0.15, 0.2) is 71.2 Å². The van der Waals surface area contributed by atoms with Gasteiger partial charge in [0.1, 0.15) is 0 Å². The van der Waals surface area contributed by atoms with E-state index in [-0.39, 0.29) is 29.4 Å². The average molecular weight is 402 g/mol. The number of halogens is 3. The van der Waals surface area contributed by atoms with Crippen LogP contribution in [0.3, 0.4) is 0 Å². The highest BCUT2D eigenvalue weighted by atomic mass is 19.4. The summed E-state index contributed by atoms with van der Waals surface area (Å²) >= 11 is 0. The second-order valence-electron chi connectivity index (χ2n) is 6.65. The van der Waals surface area contributed by atoms with Crippen molar-refractivity contribution >= 4 is 5.70 Å². The maximum Gasteiger partial charge on any atom is 0.416 e. The lowest BCUT2D eigenvalue weighted by Crippen LogP contribution is -2.32. The third kappa shape index (κ3) is 4.83. The molecule has 1 heterocycles. The second-order valence-corrected chi connectivity index (χ2v) is 6.65. The molecule has 3 rings (SSSR count). The lowest BCUT2D eigenvalue weighted by molar-refractivity contribution is -0.137. The molecule has 29 heavy (non-hydrogen) atoms. The van der Waals surface area contributed by atoms with E-state index in [2.05, 4.69) is 10.4 Å². The van der Waals surface area contributed by atoms with Gasteiger partial charge in [0, 0.05) is 18.8 Å². The summed E-state index contributed by atoms with van der Waals surface area (Å²) in [5.41, 5.74) is 6.36. The molecule has 0 saturated carbocycles. The van der Waals surface area contributed by atoms with Crippen LogP contribution in [0.25, 0.3) is 11.4 Å². The molecule has 1 aliphatic carbocycles. The Morgan fingerprint density at radius 1 is 1.38 bits per heavy atom. The highest BCUT2D eigenvalue weighted by Crippen LogP contribution is 2.30. The molecule has 0 aliphatic heterocycles. The molecule has 0 radical (unpaired) electrons. The zero-order valence-corrected chi connectivity index (χ0v) is 15.8. The van der Waals surface area contributed by atoms with Crippen LogP contribution in [-0.2, 0) is 6.18 Å². The summed E-state index contributed by atoms with van der Waals surface area (Å²) in [6, 6.07) is 6.02. The van der Waals surface area contributed by atoms with Gasteiger partial charge >= 0.3 is 6.18 Å². The number of nitrogens with one attached hydrogen (secondary N) is 1. The smallest absolute Gasteiger partial charge is 0.377 e. The van der Waals surface area contributed by atoms with Crippen molar-refractivity contribution in [2.24, 2.45) is 5.73 Å². The van der Waals surface area contributed by atoms with Crippen LogP contribution < -0.4 is 16.5 Å². The Bertz CT molecular complexity index is 1030. The van der Waals surface area contributed by atoms with Gasteiger partial charge in [-0.25, -0.2) is 4.68 Å². The molecule has 1 aliphatic rings. The molecule has 152 valence electrons. The van der Waals surface area contributed by atoms with E-state index in [4.69, 9.17) is 5.73 Å². The fourth-order valence-corrected chi connectivity index (χ4v) is 3.00. The molecule has 2 aromatic rings. The molecule has 0 fully saturated rings. The number of alkyl halides is 3. The summed E-state index contributed by atoms with van der Waals surface area (Å²) in [7, 11) is 0. The van der Waals surface area contributed by atoms with Gasteiger partial charge in [-0.1, -0.05) is 29.9 Å². The van der Waals surface area contributed by atoms with Crippen LogP contribution in [0.1, 0.15) is 24.6 Å². The second kappa shape index (κ2) is 8.48. The van der Waals surface area contributed by atoms with Crippen LogP contribution in [-0.4, -0.2) is 22.4 Å². The first-order valence-corrected chi connectivity index (χ1v) is 9.07. The van der Waals surface area contributed by atoms with Crippen molar-refractivity contribution in [3.05, 3.63) is 87.9 Å². The highest BCUT2D eigenvalue weighted by Gasteiger charge is 2.30. The minimum atomic E-state index is -4.47. The van der Waals surface area contributed by atoms with Crippen LogP contribution in [0, 0.1) is 0 Å². The molecule has 0 amide bonds. The zero-order valence-electron chi connectivity index (χ0n) is 15.8. The molecule has 0 spiro atoms. The number of aromatic nitrogens is 2. The first-order chi connectivity index (χ1) is 13.8. The Morgan fingerprint density at radius 3 is 2.86 bits per heavy atom. The summed E-state index contributed by atoms with van der Waals surface area (Å²) in [6.07, 6.45) is 5.19. The summed E-state index contributed by atoms with van der Waals surface area (Å²) in [4.78, 5) is 12.5. The van der Waals surface area contributed by atoms with Gasteiger partial charge in [0.05, 0.1) is 23.0 Å². The van der Waals surface area contributed by atoms with Crippen molar-refractivity contribution in [2.75, 3.05) is 6.54 Å². The lowest BCUT2D eigenvalue weighted by atomic mass is 10.00. The van der Waals surface area contributed by atoms with Gasteiger partial charge in [-0.05, 0) is 37.6 Å². The van der Waals surface area contributed by atoms with Crippen molar-refractivity contribution in [1.82, 2.24) is 15.1 Å². The predicted octanol–water partition coefficient (Wildman–Crippen LogP) is 3.42. The summed E-state index contributed by atoms with van der Waals surface area (Å²) in [5.74, 6) is 0. The van der Waals surface area contributed by atoms with E-state index in [1.807, 2.05) is 25.2 Å². The van der Waals surface area contributed by atoms with Gasteiger partial charge in [-0.3, -0.25) is 4.79 Å². The Morgan fingerprint density at radius 2 is 2.17 bits per heavy atom. The Kier molecular flexibility index (Phi) is 6.03. The average Bonchev–Trinajstić information content (AvgIpc) is 2.69. The monoisotopic (exact) mass is 402 g/mol. The molecule has 5 nitrogen and oxygen atoms in total. The molecule has 1 aromatic carbocycles. The fraction of sp³-hybridized carbons (Fsp3) is 0.238. The van der Waals surface area contributed by atoms with Crippen LogP contribution >= 0.6 is 0 Å². The maximum atomic E-state index is 13.0. The standard InChI is InChI=1S/C21H21F3N4O/c1-14-5-2-3-8-17(14)26-18(9-11-25)20-19(29)10-12-28(27-20)16-7-4-6-15(13-16)21(22,23)24/h2-7,9-10,12-13,17,26H,8,11,25H2,1H3/b18-9-.